The van der Waals surface area contributed by atoms with Crippen LogP contribution in [0.15, 0.2) is 24.5 Å². The largest absolute Gasteiger partial charge is 0.569 e. The van der Waals surface area contributed by atoms with E-state index in [1.165, 1.54) is 0 Å². The van der Waals surface area contributed by atoms with Gasteiger partial charge in [-0.2, -0.15) is 0 Å². The Bertz CT molecular complexity index is 388. The molecule has 0 fully saturated rings. The predicted molar refractivity (Wildman–Crippen MR) is 44.7 cm³/mol. The maximum absolute atomic E-state index is 8.42. The molecule has 0 bridgehead atoms. The monoisotopic (exact) mass is 161 g/mol. The van der Waals surface area contributed by atoms with Gasteiger partial charge in [-0.25, -0.2) is 4.98 Å². The van der Waals surface area contributed by atoms with E-state index in [9.17, 15) is 0 Å². The third-order valence-corrected chi connectivity index (χ3v) is 1.59. The van der Waals surface area contributed by atoms with Gasteiger partial charge in [0.25, 0.3) is 0 Å². The second kappa shape index (κ2) is 2.87. The van der Waals surface area contributed by atoms with Gasteiger partial charge >= 0.3 is 7.69 Å². The van der Waals surface area contributed by atoms with Crippen LogP contribution in [0.25, 0.3) is 11.0 Å². The summed E-state index contributed by atoms with van der Waals surface area (Å²) in [4.78, 5) is 6.96. The van der Waals surface area contributed by atoms with Gasteiger partial charge in [0.05, 0.1) is 5.39 Å². The van der Waals surface area contributed by atoms with E-state index in [1.54, 1.807) is 18.5 Å². The van der Waals surface area contributed by atoms with E-state index in [2.05, 4.69) is 9.97 Å². The summed E-state index contributed by atoms with van der Waals surface area (Å²) >= 11 is 0. The van der Waals surface area contributed by atoms with E-state index in [-0.39, 0.29) is 0 Å². The second-order valence-corrected chi connectivity index (χ2v) is 2.28. The number of aromatic nitrogens is 2. The van der Waals surface area contributed by atoms with Gasteiger partial charge in [0.2, 0.25) is 0 Å². The smallest absolute Gasteiger partial charge is 0.536 e. The first-order valence-corrected chi connectivity index (χ1v) is 3.46. The molecule has 0 saturated carbocycles. The topological polar surface area (TPSA) is 58.1 Å². The summed E-state index contributed by atoms with van der Waals surface area (Å²) in [7, 11) is 0.648. The van der Waals surface area contributed by atoms with Gasteiger partial charge in [0, 0.05) is 12.4 Å². The summed E-state index contributed by atoms with van der Waals surface area (Å²) in [5.41, 5.74) is 0.745. The lowest BCUT2D eigenvalue weighted by atomic mass is 10.3. The SMILES string of the molecule is O[B]Oc1c[nH]c2ncccc12. The van der Waals surface area contributed by atoms with Crippen molar-refractivity contribution in [2.75, 3.05) is 0 Å². The number of rotatable bonds is 2. The minimum absolute atomic E-state index is 0.570. The number of H-pyrrole nitrogens is 1. The molecule has 0 aliphatic carbocycles. The fourth-order valence-electron chi connectivity index (χ4n) is 1.09. The summed E-state index contributed by atoms with van der Waals surface area (Å²) in [5, 5.41) is 9.27. The number of hydrogen-bond acceptors (Lipinski definition) is 3. The van der Waals surface area contributed by atoms with Crippen molar-refractivity contribution in [1.82, 2.24) is 9.97 Å². The molecule has 2 rings (SSSR count). The molecule has 4 nitrogen and oxygen atoms in total. The molecule has 0 aliphatic rings. The number of hydrogen-bond donors (Lipinski definition) is 2. The van der Waals surface area contributed by atoms with Crippen molar-refractivity contribution in [2.24, 2.45) is 0 Å². The van der Waals surface area contributed by atoms with Gasteiger partial charge in [-0.1, -0.05) is 0 Å². The average Bonchev–Trinajstić information content (AvgIpc) is 2.50. The summed E-state index contributed by atoms with van der Waals surface area (Å²) in [5.74, 6) is 0.570. The zero-order valence-electron chi connectivity index (χ0n) is 6.19. The van der Waals surface area contributed by atoms with Crippen LogP contribution in [0.3, 0.4) is 0 Å². The molecule has 0 spiro atoms. The molecule has 12 heavy (non-hydrogen) atoms. The van der Waals surface area contributed by atoms with Crippen LogP contribution >= 0.6 is 0 Å². The summed E-state index contributed by atoms with van der Waals surface area (Å²) in [6.07, 6.45) is 3.33. The zero-order valence-corrected chi connectivity index (χ0v) is 6.19. The van der Waals surface area contributed by atoms with Crippen LogP contribution in [0, 0.1) is 0 Å². The number of nitrogens with one attached hydrogen (secondary N) is 1. The molecule has 2 aromatic heterocycles. The standard InChI is InChI=1S/C7H6BN2O2/c11-8-12-6-4-10-7-5(6)2-1-3-9-7/h1-4,11H,(H,9,10). The quantitative estimate of drug-likeness (QED) is 0.629. The molecular weight excluding hydrogens is 155 g/mol. The summed E-state index contributed by atoms with van der Waals surface area (Å²) in [6, 6.07) is 3.66. The fourth-order valence-corrected chi connectivity index (χ4v) is 1.09. The molecular formula is C7H6BN2O2. The lowest BCUT2D eigenvalue weighted by Gasteiger charge is -1.95. The van der Waals surface area contributed by atoms with Crippen LogP contribution in [0.5, 0.6) is 5.75 Å². The average molecular weight is 161 g/mol. The van der Waals surface area contributed by atoms with Gasteiger partial charge < -0.3 is 14.7 Å². The van der Waals surface area contributed by atoms with Crippen molar-refractivity contribution in [3.63, 3.8) is 0 Å². The van der Waals surface area contributed by atoms with Gasteiger partial charge in [0.1, 0.15) is 11.4 Å². The molecule has 5 heteroatoms. The Labute approximate surface area is 69.5 Å². The van der Waals surface area contributed by atoms with Crippen molar-refractivity contribution in [3.05, 3.63) is 24.5 Å². The molecule has 2 aromatic rings. The Morgan fingerprint density at radius 3 is 3.33 bits per heavy atom. The first-order chi connectivity index (χ1) is 5.92. The molecule has 0 saturated heterocycles. The normalized spacial score (nSPS) is 10.1. The number of aromatic amines is 1. The lowest BCUT2D eigenvalue weighted by Crippen LogP contribution is -1.98. The van der Waals surface area contributed by atoms with Crippen molar-refractivity contribution in [1.29, 1.82) is 0 Å². The lowest BCUT2D eigenvalue weighted by molar-refractivity contribution is 0.456. The van der Waals surface area contributed by atoms with Gasteiger partial charge in [-0.15, -0.1) is 0 Å². The van der Waals surface area contributed by atoms with E-state index in [4.69, 9.17) is 9.68 Å². The van der Waals surface area contributed by atoms with E-state index < -0.39 is 0 Å². The van der Waals surface area contributed by atoms with Gasteiger partial charge in [-0.3, -0.25) is 0 Å². The summed E-state index contributed by atoms with van der Waals surface area (Å²) < 4.78 is 4.82. The molecule has 1 radical (unpaired) electrons. The molecule has 0 amide bonds. The molecule has 0 unspecified atom stereocenters. The molecule has 2 N–H and O–H groups in total. The van der Waals surface area contributed by atoms with Crippen LogP contribution in [0.2, 0.25) is 0 Å². The second-order valence-electron chi connectivity index (χ2n) is 2.28. The van der Waals surface area contributed by atoms with E-state index in [1.807, 2.05) is 6.07 Å². The predicted octanol–water partition coefficient (Wildman–Crippen LogP) is 0.468. The van der Waals surface area contributed by atoms with Crippen molar-refractivity contribution in [3.8, 4) is 5.75 Å². The molecule has 0 aliphatic heterocycles. The Hall–Kier alpha value is -1.49. The Morgan fingerprint density at radius 2 is 2.50 bits per heavy atom. The van der Waals surface area contributed by atoms with Crippen LogP contribution < -0.4 is 4.65 Å². The summed E-state index contributed by atoms with van der Waals surface area (Å²) in [6.45, 7) is 0. The van der Waals surface area contributed by atoms with E-state index >= 15 is 0 Å². The van der Waals surface area contributed by atoms with Crippen LogP contribution in [-0.2, 0) is 0 Å². The fraction of sp³-hybridized carbons (Fsp3) is 0. The van der Waals surface area contributed by atoms with Gasteiger partial charge in [-0.05, 0) is 12.1 Å². The van der Waals surface area contributed by atoms with E-state index in [0.29, 0.717) is 13.4 Å². The molecule has 0 atom stereocenters. The minimum atomic E-state index is 0.570. The van der Waals surface area contributed by atoms with Crippen molar-refractivity contribution in [2.45, 2.75) is 0 Å². The van der Waals surface area contributed by atoms with Gasteiger partial charge in [0.15, 0.2) is 0 Å². The van der Waals surface area contributed by atoms with Crippen LogP contribution in [-0.4, -0.2) is 22.7 Å². The molecule has 2 heterocycles. The molecule has 59 valence electrons. The maximum atomic E-state index is 8.42. The van der Waals surface area contributed by atoms with Crippen molar-refractivity contribution < 1.29 is 9.68 Å². The number of fused-ring (bicyclic) bond motifs is 1. The third-order valence-electron chi connectivity index (χ3n) is 1.59. The highest BCUT2D eigenvalue weighted by molar-refractivity contribution is 6.18. The maximum Gasteiger partial charge on any atom is 0.569 e. The zero-order chi connectivity index (χ0) is 8.39. The first-order valence-electron chi connectivity index (χ1n) is 3.46. The highest BCUT2D eigenvalue weighted by atomic mass is 16.5. The third kappa shape index (κ3) is 1.04. The highest BCUT2D eigenvalue weighted by Gasteiger charge is 2.03. The Balaban J connectivity index is 2.55. The van der Waals surface area contributed by atoms with E-state index in [0.717, 1.165) is 11.0 Å². The van der Waals surface area contributed by atoms with Crippen LogP contribution in [0.1, 0.15) is 0 Å². The number of pyridine rings is 1. The minimum Gasteiger partial charge on any atom is -0.536 e. The van der Waals surface area contributed by atoms with Crippen molar-refractivity contribution >= 4 is 18.7 Å². The first kappa shape index (κ1) is 7.18. The number of nitrogens with zero attached hydrogens (tertiary/aromatic N) is 1. The Kier molecular flexibility index (Phi) is 1.71. The Morgan fingerprint density at radius 1 is 1.58 bits per heavy atom. The molecule has 0 aromatic carbocycles. The highest BCUT2D eigenvalue weighted by Crippen LogP contribution is 2.22. The van der Waals surface area contributed by atoms with Crippen LogP contribution in [0.4, 0.5) is 0 Å².